The second-order valence-electron chi connectivity index (χ2n) is 7.35. The number of hydrogen-bond acceptors (Lipinski definition) is 12. The summed E-state index contributed by atoms with van der Waals surface area (Å²) in [7, 11) is 8.05. The zero-order chi connectivity index (χ0) is 28.3. The molecular weight excluding hydrogens is 512 g/mol. The summed E-state index contributed by atoms with van der Waals surface area (Å²) < 4.78 is 47.8. The summed E-state index contributed by atoms with van der Waals surface area (Å²) in [4.78, 5) is 0. The average molecular weight is 567 g/mol. The van der Waals surface area contributed by atoms with E-state index in [1.54, 1.807) is 42.7 Å². The fraction of sp³-hybridized carbons (Fsp3) is 1.00. The molecule has 1 saturated carbocycles. The molecule has 0 aromatic heterocycles. The van der Waals surface area contributed by atoms with E-state index in [4.69, 9.17) is 56.1 Å². The first-order chi connectivity index (χ1) is 17.5. The highest BCUT2D eigenvalue weighted by Crippen LogP contribution is 2.28. The summed E-state index contributed by atoms with van der Waals surface area (Å²) in [6, 6.07) is 1.60. The summed E-state index contributed by atoms with van der Waals surface area (Å²) in [5.41, 5.74) is 0. The number of hydrogen-bond donors (Lipinski definition) is 3. The van der Waals surface area contributed by atoms with Crippen molar-refractivity contribution >= 4 is 17.6 Å². The van der Waals surface area contributed by atoms with E-state index in [1.165, 1.54) is 12.8 Å². The van der Waals surface area contributed by atoms with E-state index < -0.39 is 17.6 Å². The Labute approximate surface area is 220 Å². The topological polar surface area (TPSA) is 147 Å². The third-order valence-corrected chi connectivity index (χ3v) is 10.8. The van der Waals surface area contributed by atoms with Crippen molar-refractivity contribution in [3.8, 4) is 0 Å². The molecule has 1 heterocycles. The molecule has 12 nitrogen and oxygen atoms in total. The van der Waals surface area contributed by atoms with Gasteiger partial charge in [0, 0.05) is 95.9 Å². The predicted molar refractivity (Wildman–Crippen MR) is 141 cm³/mol. The molecule has 2 rings (SSSR count). The Balaban J connectivity index is -0.000000501. The van der Waals surface area contributed by atoms with Crippen LogP contribution in [0.5, 0.6) is 0 Å². The normalized spacial score (nSPS) is 16.2. The van der Waals surface area contributed by atoms with Crippen molar-refractivity contribution < 1.29 is 56.1 Å². The van der Waals surface area contributed by atoms with Crippen LogP contribution in [-0.4, -0.2) is 136 Å². The van der Waals surface area contributed by atoms with Crippen molar-refractivity contribution in [1.29, 1.82) is 0 Å². The highest BCUT2D eigenvalue weighted by Gasteiger charge is 2.37. The molecule has 0 amide bonds. The molecule has 1 saturated heterocycles. The lowest BCUT2D eigenvalue weighted by Gasteiger charge is -2.24. The van der Waals surface area contributed by atoms with Gasteiger partial charge < -0.3 is 56.1 Å². The van der Waals surface area contributed by atoms with Crippen LogP contribution in [0.3, 0.4) is 0 Å². The molecule has 0 spiro atoms. The zero-order valence-corrected chi connectivity index (χ0v) is 25.9. The molecule has 3 N–H and O–H groups in total. The van der Waals surface area contributed by atoms with Crippen LogP contribution < -0.4 is 0 Å². The smallest absolute Gasteiger partial charge is 0.400 e. The van der Waals surface area contributed by atoms with Crippen LogP contribution in [0.1, 0.15) is 25.7 Å². The molecule has 0 aromatic carbocycles. The Morgan fingerprint density at radius 1 is 0.611 bits per heavy atom. The maximum absolute atomic E-state index is 7.00. The number of ether oxygens (including phenoxy) is 3. The van der Waals surface area contributed by atoms with Crippen LogP contribution in [-0.2, 0) is 40.8 Å². The minimum absolute atomic E-state index is 0.333. The quantitative estimate of drug-likeness (QED) is 0.124. The van der Waals surface area contributed by atoms with Crippen LogP contribution >= 0.6 is 0 Å². The van der Waals surface area contributed by atoms with E-state index in [-0.39, 0.29) is 0 Å². The van der Waals surface area contributed by atoms with Gasteiger partial charge >= 0.3 is 17.6 Å². The van der Waals surface area contributed by atoms with Crippen molar-refractivity contribution in [3.05, 3.63) is 0 Å². The summed E-state index contributed by atoms with van der Waals surface area (Å²) in [5.74, 6) is 0.833. The number of epoxide rings is 1. The highest BCUT2D eigenvalue weighted by atomic mass is 28.4. The molecule has 0 bridgehead atoms. The average Bonchev–Trinajstić information content (AvgIpc) is 3.89. The van der Waals surface area contributed by atoms with Gasteiger partial charge in [-0.1, -0.05) is 0 Å². The lowest BCUT2D eigenvalue weighted by Crippen LogP contribution is -2.42. The molecule has 1 aliphatic carbocycles. The maximum atomic E-state index is 7.00. The Morgan fingerprint density at radius 2 is 0.944 bits per heavy atom. The number of aliphatic hydroxyl groups is 3. The van der Waals surface area contributed by atoms with Crippen molar-refractivity contribution in [3.63, 3.8) is 0 Å². The molecule has 2 fully saturated rings. The van der Waals surface area contributed by atoms with E-state index in [0.717, 1.165) is 72.0 Å². The molecule has 2 aliphatic rings. The second-order valence-corrected chi connectivity index (χ2v) is 13.5. The van der Waals surface area contributed by atoms with Gasteiger partial charge in [0.25, 0.3) is 0 Å². The van der Waals surface area contributed by atoms with Crippen LogP contribution in [0, 0.1) is 5.92 Å². The van der Waals surface area contributed by atoms with Crippen LogP contribution in [0.15, 0.2) is 0 Å². The fourth-order valence-electron chi connectivity index (χ4n) is 2.81. The molecule has 14 heteroatoms. The molecule has 36 heavy (non-hydrogen) atoms. The van der Waals surface area contributed by atoms with Crippen molar-refractivity contribution in [2.45, 2.75) is 43.9 Å². The highest BCUT2D eigenvalue weighted by molar-refractivity contribution is 6.60. The van der Waals surface area contributed by atoms with Gasteiger partial charge in [0.2, 0.25) is 0 Å². The number of rotatable bonds is 18. The minimum Gasteiger partial charge on any atom is -0.400 e. The largest absolute Gasteiger partial charge is 0.500 e. The first-order valence-corrected chi connectivity index (χ1v) is 15.8. The summed E-state index contributed by atoms with van der Waals surface area (Å²) in [5, 5.41) is 21.0. The van der Waals surface area contributed by atoms with Crippen molar-refractivity contribution in [2.24, 2.45) is 5.92 Å². The van der Waals surface area contributed by atoms with E-state index in [9.17, 15) is 0 Å². The van der Waals surface area contributed by atoms with E-state index in [1.807, 2.05) is 0 Å². The molecular formula is C22H54O12Si2. The zero-order valence-electron chi connectivity index (χ0n) is 23.9. The lowest BCUT2D eigenvalue weighted by molar-refractivity contribution is 0.100. The van der Waals surface area contributed by atoms with Crippen molar-refractivity contribution in [1.82, 2.24) is 0 Å². The van der Waals surface area contributed by atoms with Gasteiger partial charge in [0.15, 0.2) is 0 Å². The van der Waals surface area contributed by atoms with E-state index >= 15 is 0 Å². The lowest BCUT2D eigenvalue weighted by atomic mass is 10.4. The Hall–Kier alpha value is -0.0462. The Morgan fingerprint density at radius 3 is 1.22 bits per heavy atom. The standard InChI is InChI=1S/C10H22O4Si.C9H20O5Si.3CH4O/c1-11-15(12-2,13-3)8-4-7-14-9-10-5-6-10;1-10-15(11-2,12-3)6-4-5-13-7-9-8-14-9;3*1-2/h10H,4-9H2,1-3H3;9H,4-8H2,1-3H3;3*2H,1H3. The van der Waals surface area contributed by atoms with Gasteiger partial charge in [-0.15, -0.1) is 0 Å². The summed E-state index contributed by atoms with van der Waals surface area (Å²) in [6.45, 7) is 3.93. The molecule has 1 aliphatic heterocycles. The fourth-order valence-corrected chi connectivity index (χ4v) is 6.19. The van der Waals surface area contributed by atoms with Crippen LogP contribution in [0.2, 0.25) is 12.1 Å². The van der Waals surface area contributed by atoms with Gasteiger partial charge in [-0.05, 0) is 31.6 Å². The molecule has 0 radical (unpaired) electrons. The summed E-state index contributed by atoms with van der Waals surface area (Å²) >= 11 is 0. The van der Waals surface area contributed by atoms with Gasteiger partial charge in [-0.25, -0.2) is 0 Å². The maximum Gasteiger partial charge on any atom is 0.500 e. The van der Waals surface area contributed by atoms with Crippen LogP contribution in [0.25, 0.3) is 0 Å². The van der Waals surface area contributed by atoms with Crippen LogP contribution in [0.4, 0.5) is 0 Å². The first kappa shape index (κ1) is 40.5. The molecule has 1 atom stereocenters. The second kappa shape index (κ2) is 28.0. The number of aliphatic hydroxyl groups excluding tert-OH is 3. The third-order valence-electron chi connectivity index (χ3n) is 5.17. The minimum atomic E-state index is -2.39. The van der Waals surface area contributed by atoms with Gasteiger partial charge in [-0.2, -0.15) is 0 Å². The van der Waals surface area contributed by atoms with E-state index in [0.29, 0.717) is 19.3 Å². The Bertz CT molecular complexity index is 367. The summed E-state index contributed by atoms with van der Waals surface area (Å²) in [6.07, 6.45) is 4.84. The van der Waals surface area contributed by atoms with Gasteiger partial charge in [-0.3, -0.25) is 0 Å². The molecule has 1 unspecified atom stereocenters. The Kier molecular flexibility index (Phi) is 31.4. The predicted octanol–water partition coefficient (Wildman–Crippen LogP) is 1.18. The molecule has 0 aromatic rings. The monoisotopic (exact) mass is 566 g/mol. The van der Waals surface area contributed by atoms with Crippen molar-refractivity contribution in [2.75, 3.05) is 97.0 Å². The van der Waals surface area contributed by atoms with Gasteiger partial charge in [0.05, 0.1) is 13.2 Å². The van der Waals surface area contributed by atoms with Gasteiger partial charge in [0.1, 0.15) is 6.10 Å². The third kappa shape index (κ3) is 20.9. The SMILES string of the molecule is CO.CO.CO.CO[Si](CCCOCC1CC1)(OC)OC.CO[Si](CCCOCC1CO1)(OC)OC. The van der Waals surface area contributed by atoms with E-state index in [2.05, 4.69) is 0 Å². The first-order valence-electron chi connectivity index (χ1n) is 11.9. The molecule has 222 valence electrons.